The van der Waals surface area contributed by atoms with Gasteiger partial charge in [0.25, 0.3) is 5.91 Å². The molecular formula is C21H12Cl2F4N2O3. The Bertz CT molecular complexity index is 1220. The van der Waals surface area contributed by atoms with Gasteiger partial charge in [-0.25, -0.2) is 4.39 Å². The minimum Gasteiger partial charge on any atom is -0.455 e. The maximum Gasteiger partial charge on any atom is 0.417 e. The van der Waals surface area contributed by atoms with E-state index in [4.69, 9.17) is 33.7 Å². The number of alkyl halides is 3. The fourth-order valence-electron chi connectivity index (χ4n) is 2.75. The topological polar surface area (TPSA) is 81.4 Å². The zero-order valence-electron chi connectivity index (χ0n) is 15.8. The Morgan fingerprint density at radius 3 is 2.28 bits per heavy atom. The Morgan fingerprint density at radius 2 is 1.66 bits per heavy atom. The van der Waals surface area contributed by atoms with Crippen molar-refractivity contribution in [3.63, 3.8) is 0 Å². The molecule has 32 heavy (non-hydrogen) atoms. The number of halogens is 6. The number of hydrogen-bond acceptors (Lipinski definition) is 3. The molecule has 3 aromatic rings. The van der Waals surface area contributed by atoms with Crippen molar-refractivity contribution in [1.29, 1.82) is 0 Å². The van der Waals surface area contributed by atoms with E-state index in [-0.39, 0.29) is 27.0 Å². The van der Waals surface area contributed by atoms with Crippen LogP contribution in [0.15, 0.2) is 54.6 Å². The first-order chi connectivity index (χ1) is 15.0. The number of nitrogens with one attached hydrogen (secondary N) is 1. The van der Waals surface area contributed by atoms with Crippen molar-refractivity contribution < 1.29 is 31.9 Å². The average Bonchev–Trinajstić information content (AvgIpc) is 2.70. The van der Waals surface area contributed by atoms with Gasteiger partial charge >= 0.3 is 6.18 Å². The van der Waals surface area contributed by atoms with Gasteiger partial charge in [-0.05, 0) is 48.5 Å². The monoisotopic (exact) mass is 486 g/mol. The van der Waals surface area contributed by atoms with Gasteiger partial charge in [0, 0.05) is 5.69 Å². The lowest BCUT2D eigenvalue weighted by atomic mass is 10.0. The molecule has 3 aromatic carbocycles. The zero-order chi connectivity index (χ0) is 23.6. The Labute approximate surface area is 188 Å². The maximum atomic E-state index is 13.6. The third kappa shape index (κ3) is 5.12. The molecule has 0 saturated heterocycles. The fraction of sp³-hybridized carbons (Fsp3) is 0.0476. The Balaban J connectivity index is 2.06. The average molecular weight is 487 g/mol. The minimum absolute atomic E-state index is 0.00108. The van der Waals surface area contributed by atoms with Gasteiger partial charge in [0.15, 0.2) is 0 Å². The van der Waals surface area contributed by atoms with E-state index in [2.05, 4.69) is 5.32 Å². The van der Waals surface area contributed by atoms with E-state index < -0.39 is 40.7 Å². The van der Waals surface area contributed by atoms with Crippen molar-refractivity contribution >= 4 is 40.7 Å². The van der Waals surface area contributed by atoms with Gasteiger partial charge in [-0.15, -0.1) is 0 Å². The molecule has 0 heterocycles. The number of benzene rings is 3. The molecule has 0 atom stereocenters. The lowest BCUT2D eigenvalue weighted by molar-refractivity contribution is -0.138. The maximum absolute atomic E-state index is 13.6. The van der Waals surface area contributed by atoms with Crippen molar-refractivity contribution in [2.45, 2.75) is 6.18 Å². The molecule has 0 unspecified atom stereocenters. The number of hydrogen-bond donors (Lipinski definition) is 2. The van der Waals surface area contributed by atoms with E-state index >= 15 is 0 Å². The van der Waals surface area contributed by atoms with Crippen molar-refractivity contribution in [2.75, 3.05) is 5.32 Å². The third-order valence-electron chi connectivity index (χ3n) is 4.16. The summed E-state index contributed by atoms with van der Waals surface area (Å²) in [6, 6.07) is 9.53. The molecule has 5 nitrogen and oxygen atoms in total. The summed E-state index contributed by atoms with van der Waals surface area (Å²) in [5.74, 6) is -3.41. The van der Waals surface area contributed by atoms with Crippen LogP contribution in [0.1, 0.15) is 26.3 Å². The van der Waals surface area contributed by atoms with E-state index in [1.165, 1.54) is 12.1 Å². The van der Waals surface area contributed by atoms with Crippen LogP contribution in [0.2, 0.25) is 10.0 Å². The highest BCUT2D eigenvalue weighted by molar-refractivity contribution is 6.34. The smallest absolute Gasteiger partial charge is 0.417 e. The van der Waals surface area contributed by atoms with Gasteiger partial charge in [-0.1, -0.05) is 29.3 Å². The van der Waals surface area contributed by atoms with Gasteiger partial charge in [-0.3, -0.25) is 9.59 Å². The van der Waals surface area contributed by atoms with Crippen LogP contribution in [0.3, 0.4) is 0 Å². The standard InChI is InChI=1S/C21H12Cl2F4N2O3/c22-14-6-5-11(9-12(14)19(28)30)29-20(31)18-13(21(25,26)27)2-1-3-17(18)32-16-7-4-10(24)8-15(16)23/h1-9H,(H2,28,30)(H,29,31). The quantitative estimate of drug-likeness (QED) is 0.415. The van der Waals surface area contributed by atoms with Gasteiger partial charge in [-0.2, -0.15) is 13.2 Å². The number of carbonyl (C=O) groups is 2. The second-order valence-corrected chi connectivity index (χ2v) is 7.18. The van der Waals surface area contributed by atoms with Crippen molar-refractivity contribution in [3.8, 4) is 11.5 Å². The van der Waals surface area contributed by atoms with E-state index in [0.29, 0.717) is 6.07 Å². The molecule has 3 rings (SSSR count). The second-order valence-electron chi connectivity index (χ2n) is 6.37. The molecule has 0 aliphatic carbocycles. The summed E-state index contributed by atoms with van der Waals surface area (Å²) in [5.41, 5.74) is 2.90. The number of amides is 2. The van der Waals surface area contributed by atoms with E-state index in [1.54, 1.807) is 0 Å². The SMILES string of the molecule is NC(=O)c1cc(NC(=O)c2c(Oc3ccc(F)cc3Cl)cccc2C(F)(F)F)ccc1Cl. The van der Waals surface area contributed by atoms with Crippen LogP contribution in [-0.4, -0.2) is 11.8 Å². The summed E-state index contributed by atoms with van der Waals surface area (Å²) in [5, 5.41) is 2.06. The highest BCUT2D eigenvalue weighted by atomic mass is 35.5. The fourth-order valence-corrected chi connectivity index (χ4v) is 3.16. The molecule has 0 radical (unpaired) electrons. The molecule has 0 fully saturated rings. The lowest BCUT2D eigenvalue weighted by Gasteiger charge is -2.18. The summed E-state index contributed by atoms with van der Waals surface area (Å²) < 4.78 is 59.6. The van der Waals surface area contributed by atoms with Crippen molar-refractivity contribution in [2.24, 2.45) is 5.73 Å². The molecule has 0 bridgehead atoms. The molecule has 0 spiro atoms. The largest absolute Gasteiger partial charge is 0.455 e. The normalized spacial score (nSPS) is 11.2. The first-order valence-electron chi connectivity index (χ1n) is 8.71. The Morgan fingerprint density at radius 1 is 0.938 bits per heavy atom. The number of rotatable bonds is 5. The Kier molecular flexibility index (Phi) is 6.61. The van der Waals surface area contributed by atoms with E-state index in [0.717, 1.165) is 36.4 Å². The summed E-state index contributed by atoms with van der Waals surface area (Å²) in [4.78, 5) is 24.3. The van der Waals surface area contributed by atoms with Crippen LogP contribution in [0.25, 0.3) is 0 Å². The van der Waals surface area contributed by atoms with Gasteiger partial charge < -0.3 is 15.8 Å². The predicted octanol–water partition coefficient (Wildman–Crippen LogP) is 6.29. The second kappa shape index (κ2) is 9.05. The van der Waals surface area contributed by atoms with Crippen LogP contribution < -0.4 is 15.8 Å². The zero-order valence-corrected chi connectivity index (χ0v) is 17.3. The molecule has 0 aliphatic rings. The minimum atomic E-state index is -4.91. The summed E-state index contributed by atoms with van der Waals surface area (Å²) in [6.45, 7) is 0. The predicted molar refractivity (Wildman–Crippen MR) is 111 cm³/mol. The summed E-state index contributed by atoms with van der Waals surface area (Å²) >= 11 is 11.7. The van der Waals surface area contributed by atoms with Crippen LogP contribution >= 0.6 is 23.2 Å². The van der Waals surface area contributed by atoms with Gasteiger partial charge in [0.2, 0.25) is 5.91 Å². The van der Waals surface area contributed by atoms with Crippen molar-refractivity contribution in [1.82, 2.24) is 0 Å². The van der Waals surface area contributed by atoms with Crippen LogP contribution in [-0.2, 0) is 6.18 Å². The first kappa shape index (κ1) is 23.4. The first-order valence-corrected chi connectivity index (χ1v) is 9.47. The molecule has 3 N–H and O–H groups in total. The molecule has 2 amide bonds. The molecule has 11 heteroatoms. The van der Waals surface area contributed by atoms with Gasteiger partial charge in [0.05, 0.1) is 26.7 Å². The summed E-state index contributed by atoms with van der Waals surface area (Å²) in [6.07, 6.45) is -4.91. The molecule has 0 aromatic heterocycles. The highest BCUT2D eigenvalue weighted by Gasteiger charge is 2.37. The molecule has 0 saturated carbocycles. The molecular weight excluding hydrogens is 475 g/mol. The molecule has 166 valence electrons. The van der Waals surface area contributed by atoms with Gasteiger partial charge in [0.1, 0.15) is 17.3 Å². The third-order valence-corrected chi connectivity index (χ3v) is 4.79. The molecule has 0 aliphatic heterocycles. The van der Waals surface area contributed by atoms with Crippen LogP contribution in [0.4, 0.5) is 23.2 Å². The number of primary amides is 1. The summed E-state index contributed by atoms with van der Waals surface area (Å²) in [7, 11) is 0. The van der Waals surface area contributed by atoms with E-state index in [1.807, 2.05) is 0 Å². The lowest BCUT2D eigenvalue weighted by Crippen LogP contribution is -2.20. The Hall–Kier alpha value is -3.30. The number of carbonyl (C=O) groups excluding carboxylic acids is 2. The number of ether oxygens (including phenoxy) is 1. The van der Waals surface area contributed by atoms with Crippen molar-refractivity contribution in [3.05, 3.63) is 87.2 Å². The number of anilines is 1. The van der Waals surface area contributed by atoms with Crippen LogP contribution in [0, 0.1) is 5.82 Å². The van der Waals surface area contributed by atoms with Crippen LogP contribution in [0.5, 0.6) is 11.5 Å². The van der Waals surface area contributed by atoms with E-state index in [9.17, 15) is 27.2 Å². The number of nitrogens with two attached hydrogens (primary N) is 1. The highest BCUT2D eigenvalue weighted by Crippen LogP contribution is 2.39.